The molecule has 6 rings (SSSR count). The van der Waals surface area contributed by atoms with Gasteiger partial charge >= 0.3 is 0 Å². The predicted molar refractivity (Wildman–Crippen MR) is 177 cm³/mol. The summed E-state index contributed by atoms with van der Waals surface area (Å²) in [6.45, 7) is 11.3. The minimum atomic E-state index is -0.0779. The van der Waals surface area contributed by atoms with E-state index in [-0.39, 0.29) is 12.0 Å². The van der Waals surface area contributed by atoms with Crippen LogP contribution >= 0.6 is 11.6 Å². The van der Waals surface area contributed by atoms with Crippen LogP contribution in [0.2, 0.25) is 5.02 Å². The van der Waals surface area contributed by atoms with Gasteiger partial charge in [-0.15, -0.1) is 0 Å². The molecule has 3 aromatic carbocycles. The summed E-state index contributed by atoms with van der Waals surface area (Å²) in [5.41, 5.74) is 4.55. The van der Waals surface area contributed by atoms with Crippen LogP contribution in [0.3, 0.4) is 0 Å². The Hall–Kier alpha value is -3.06. The van der Waals surface area contributed by atoms with Gasteiger partial charge in [0.15, 0.2) is 0 Å². The summed E-state index contributed by atoms with van der Waals surface area (Å²) >= 11 is 6.59. The van der Waals surface area contributed by atoms with Gasteiger partial charge in [0.2, 0.25) is 0 Å². The van der Waals surface area contributed by atoms with Crippen molar-refractivity contribution < 1.29 is 9.53 Å². The molecular formula is C36H45ClN4O2. The molecule has 7 heteroatoms. The number of halogens is 1. The standard InChI is InChI=1S/C36H45ClN4O2/c1-3-41-33-11-5-4-10-30(33)31-23-27(12-14-34(31)41)25-39-21-16-29(17-22-39)43-35-15-13-28(24-32(35)37)36(42)38-18-8-20-40-19-7-6-9-26(40)2/h4-5,10-15,23-24,26,29H,3,6-9,16-22,25H2,1-2H3,(H,38,42). The molecule has 1 aromatic heterocycles. The molecule has 4 aromatic rings. The topological polar surface area (TPSA) is 49.7 Å². The molecule has 43 heavy (non-hydrogen) atoms. The number of aryl methyl sites for hydroxylation is 1. The second-order valence-electron chi connectivity index (χ2n) is 12.3. The molecule has 2 saturated heterocycles. The summed E-state index contributed by atoms with van der Waals surface area (Å²) in [4.78, 5) is 17.8. The van der Waals surface area contributed by atoms with Crippen LogP contribution in [0.25, 0.3) is 21.8 Å². The fourth-order valence-corrected chi connectivity index (χ4v) is 7.20. The van der Waals surface area contributed by atoms with Gasteiger partial charge in [-0.3, -0.25) is 9.69 Å². The highest BCUT2D eigenvalue weighted by Gasteiger charge is 2.23. The number of likely N-dealkylation sites (tertiary alicyclic amines) is 2. The Morgan fingerprint density at radius 1 is 0.953 bits per heavy atom. The smallest absolute Gasteiger partial charge is 0.251 e. The average Bonchev–Trinajstić information content (AvgIpc) is 3.35. The molecule has 2 aliphatic heterocycles. The van der Waals surface area contributed by atoms with Crippen LogP contribution in [0.5, 0.6) is 5.75 Å². The Bertz CT molecular complexity index is 1560. The van der Waals surface area contributed by atoms with Gasteiger partial charge < -0.3 is 19.5 Å². The van der Waals surface area contributed by atoms with Gasteiger partial charge in [0, 0.05) is 72.7 Å². The third-order valence-corrected chi connectivity index (χ3v) is 9.73. The maximum Gasteiger partial charge on any atom is 0.251 e. The zero-order valence-corrected chi connectivity index (χ0v) is 26.4. The number of nitrogens with one attached hydrogen (secondary N) is 1. The molecular weight excluding hydrogens is 556 g/mol. The fourth-order valence-electron chi connectivity index (χ4n) is 6.98. The van der Waals surface area contributed by atoms with Gasteiger partial charge in [-0.2, -0.15) is 0 Å². The first-order valence-electron chi connectivity index (χ1n) is 16.2. The molecule has 6 nitrogen and oxygen atoms in total. The zero-order valence-electron chi connectivity index (χ0n) is 25.7. The number of benzene rings is 3. The van der Waals surface area contributed by atoms with Gasteiger partial charge in [-0.1, -0.05) is 42.3 Å². The molecule has 2 fully saturated rings. The molecule has 1 unspecified atom stereocenters. The van der Waals surface area contributed by atoms with Crippen molar-refractivity contribution in [2.45, 2.75) is 77.6 Å². The van der Waals surface area contributed by atoms with Crippen molar-refractivity contribution in [1.82, 2.24) is 19.7 Å². The van der Waals surface area contributed by atoms with E-state index < -0.39 is 0 Å². The quantitative estimate of drug-likeness (QED) is 0.191. The summed E-state index contributed by atoms with van der Waals surface area (Å²) in [5.74, 6) is 0.583. The lowest BCUT2D eigenvalue weighted by molar-refractivity contribution is 0.0946. The van der Waals surface area contributed by atoms with Gasteiger partial charge in [0.25, 0.3) is 5.91 Å². The van der Waals surface area contributed by atoms with Crippen molar-refractivity contribution in [3.05, 3.63) is 76.8 Å². The highest BCUT2D eigenvalue weighted by molar-refractivity contribution is 6.32. The Kier molecular flexibility index (Phi) is 9.56. The maximum atomic E-state index is 12.7. The molecule has 1 amide bonds. The van der Waals surface area contributed by atoms with Crippen molar-refractivity contribution in [3.63, 3.8) is 0 Å². The van der Waals surface area contributed by atoms with E-state index in [2.05, 4.69) is 76.0 Å². The number of para-hydroxylation sites is 1. The summed E-state index contributed by atoms with van der Waals surface area (Å²) in [6, 6.07) is 21.7. The lowest BCUT2D eigenvalue weighted by Crippen LogP contribution is -2.39. The Labute approximate surface area is 260 Å². The third-order valence-electron chi connectivity index (χ3n) is 9.43. The van der Waals surface area contributed by atoms with Crippen LogP contribution in [0.1, 0.15) is 68.3 Å². The van der Waals surface area contributed by atoms with Crippen molar-refractivity contribution in [2.24, 2.45) is 0 Å². The SMILES string of the molecule is CCn1c2ccccc2c2cc(CN3CCC(Oc4ccc(C(=O)NCCCN5CCCCC5C)cc4Cl)CC3)ccc21. The highest BCUT2D eigenvalue weighted by Crippen LogP contribution is 2.31. The van der Waals surface area contributed by atoms with Crippen molar-refractivity contribution in [3.8, 4) is 5.75 Å². The molecule has 228 valence electrons. The van der Waals surface area contributed by atoms with Crippen LogP contribution in [-0.4, -0.2) is 65.1 Å². The average molecular weight is 601 g/mol. The molecule has 1 N–H and O–H groups in total. The summed E-state index contributed by atoms with van der Waals surface area (Å²) < 4.78 is 8.72. The van der Waals surface area contributed by atoms with Gasteiger partial charge in [-0.25, -0.2) is 0 Å². The molecule has 2 aliphatic rings. The van der Waals surface area contributed by atoms with Crippen molar-refractivity contribution in [1.29, 1.82) is 0 Å². The number of aromatic nitrogens is 1. The van der Waals surface area contributed by atoms with Crippen molar-refractivity contribution >= 4 is 39.3 Å². The van der Waals surface area contributed by atoms with E-state index >= 15 is 0 Å². The first-order chi connectivity index (χ1) is 21.0. The molecule has 0 bridgehead atoms. The number of piperidine rings is 2. The van der Waals surface area contributed by atoms with E-state index in [1.54, 1.807) is 6.07 Å². The number of rotatable bonds is 10. The van der Waals surface area contributed by atoms with E-state index in [0.717, 1.165) is 52.0 Å². The number of nitrogens with zero attached hydrogens (tertiary/aromatic N) is 3. The minimum absolute atomic E-state index is 0.0779. The van der Waals surface area contributed by atoms with Gasteiger partial charge in [0.1, 0.15) is 11.9 Å². The second-order valence-corrected chi connectivity index (χ2v) is 12.7. The van der Waals surface area contributed by atoms with Crippen molar-refractivity contribution in [2.75, 3.05) is 32.7 Å². The number of ether oxygens (including phenoxy) is 1. The number of hydrogen-bond acceptors (Lipinski definition) is 4. The monoisotopic (exact) mass is 600 g/mol. The molecule has 0 spiro atoms. The van der Waals surface area contributed by atoms with Crippen LogP contribution in [0.15, 0.2) is 60.7 Å². The number of carbonyl (C=O) groups excluding carboxylic acids is 1. The molecule has 1 atom stereocenters. The van der Waals surface area contributed by atoms with Gasteiger partial charge in [0.05, 0.1) is 5.02 Å². The fraction of sp³-hybridized carbons (Fsp3) is 0.472. The third kappa shape index (κ3) is 6.87. The second kappa shape index (κ2) is 13.7. The van der Waals surface area contributed by atoms with Crippen LogP contribution in [-0.2, 0) is 13.1 Å². The maximum absolute atomic E-state index is 12.7. The first-order valence-corrected chi connectivity index (χ1v) is 16.6. The molecule has 0 radical (unpaired) electrons. The van der Waals surface area contributed by atoms with Crippen LogP contribution in [0, 0.1) is 0 Å². The number of fused-ring (bicyclic) bond motifs is 3. The summed E-state index contributed by atoms with van der Waals surface area (Å²) in [5, 5.41) is 6.22. The van der Waals surface area contributed by atoms with Crippen LogP contribution < -0.4 is 10.1 Å². The Balaban J connectivity index is 0.979. The van der Waals surface area contributed by atoms with Gasteiger partial charge in [-0.05, 0) is 94.5 Å². The highest BCUT2D eigenvalue weighted by atomic mass is 35.5. The zero-order chi connectivity index (χ0) is 29.8. The van der Waals surface area contributed by atoms with E-state index in [1.165, 1.54) is 53.2 Å². The first kappa shape index (κ1) is 30.0. The largest absolute Gasteiger partial charge is 0.489 e. The Morgan fingerprint density at radius 2 is 1.77 bits per heavy atom. The Morgan fingerprint density at radius 3 is 2.56 bits per heavy atom. The summed E-state index contributed by atoms with van der Waals surface area (Å²) in [7, 11) is 0. The normalized spacial score (nSPS) is 18.8. The number of amides is 1. The lowest BCUT2D eigenvalue weighted by atomic mass is 10.0. The van der Waals surface area contributed by atoms with E-state index in [1.807, 2.05) is 12.1 Å². The van der Waals surface area contributed by atoms with Crippen LogP contribution in [0.4, 0.5) is 0 Å². The number of hydrogen-bond donors (Lipinski definition) is 1. The predicted octanol–water partition coefficient (Wildman–Crippen LogP) is 7.51. The molecule has 0 saturated carbocycles. The van der Waals surface area contributed by atoms with E-state index in [0.29, 0.717) is 28.9 Å². The van der Waals surface area contributed by atoms with E-state index in [4.69, 9.17) is 16.3 Å². The molecule has 3 heterocycles. The number of carbonyl (C=O) groups is 1. The minimum Gasteiger partial charge on any atom is -0.489 e. The summed E-state index contributed by atoms with van der Waals surface area (Å²) in [6.07, 6.45) is 6.88. The molecule has 0 aliphatic carbocycles. The lowest BCUT2D eigenvalue weighted by Gasteiger charge is -2.33. The van der Waals surface area contributed by atoms with E-state index in [9.17, 15) is 4.79 Å².